The molecule has 0 unspecified atom stereocenters. The number of likely N-dealkylation sites (N-methyl/N-ethyl adjacent to an activating group) is 1. The summed E-state index contributed by atoms with van der Waals surface area (Å²) in [6, 6.07) is 7.95. The van der Waals surface area contributed by atoms with Crippen molar-refractivity contribution < 1.29 is 9.53 Å². The van der Waals surface area contributed by atoms with Gasteiger partial charge in [0.2, 0.25) is 5.91 Å². The van der Waals surface area contributed by atoms with Crippen molar-refractivity contribution in [1.29, 1.82) is 0 Å². The van der Waals surface area contributed by atoms with Crippen molar-refractivity contribution in [3.05, 3.63) is 41.7 Å². The Morgan fingerprint density at radius 2 is 1.84 bits per heavy atom. The molecule has 7 nitrogen and oxygen atoms in total. The Morgan fingerprint density at radius 1 is 1.16 bits per heavy atom. The zero-order valence-corrected chi connectivity index (χ0v) is 19.2. The van der Waals surface area contributed by atoms with Gasteiger partial charge in [0.25, 0.3) is 0 Å². The summed E-state index contributed by atoms with van der Waals surface area (Å²) in [7, 11) is 1.67. The molecule has 31 heavy (non-hydrogen) atoms. The van der Waals surface area contributed by atoms with Gasteiger partial charge in [0.05, 0.1) is 37.3 Å². The maximum Gasteiger partial charge on any atom is 0.234 e. The van der Waals surface area contributed by atoms with E-state index in [0.717, 1.165) is 62.6 Å². The number of ether oxygens (including phenoxy) is 1. The van der Waals surface area contributed by atoms with E-state index in [1.165, 1.54) is 5.69 Å². The number of hydrogen-bond donors (Lipinski definition) is 1. The van der Waals surface area contributed by atoms with Crippen LogP contribution in [0.2, 0.25) is 0 Å². The van der Waals surface area contributed by atoms with Gasteiger partial charge in [-0.2, -0.15) is 5.10 Å². The largest absolute Gasteiger partial charge is 0.497 e. The van der Waals surface area contributed by atoms with Crippen LogP contribution in [-0.2, 0) is 11.2 Å². The average Bonchev–Trinajstić information content (AvgIpc) is 3.17. The first-order valence-corrected chi connectivity index (χ1v) is 11.3. The molecule has 168 valence electrons. The minimum absolute atomic E-state index is 0.00446. The van der Waals surface area contributed by atoms with Crippen LogP contribution in [0.5, 0.6) is 5.75 Å². The molecule has 1 aromatic heterocycles. The van der Waals surface area contributed by atoms with Gasteiger partial charge in [0, 0.05) is 31.7 Å². The van der Waals surface area contributed by atoms with Gasteiger partial charge in [-0.3, -0.25) is 9.69 Å². The summed E-state index contributed by atoms with van der Waals surface area (Å²) in [5.74, 6) is 0.936. The summed E-state index contributed by atoms with van der Waals surface area (Å²) in [5.41, 5.74) is 3.42. The van der Waals surface area contributed by atoms with E-state index >= 15 is 0 Å². The summed E-state index contributed by atoms with van der Waals surface area (Å²) in [6.07, 6.45) is 3.78. The first-order chi connectivity index (χ1) is 14.9. The van der Waals surface area contributed by atoms with Gasteiger partial charge in [0.1, 0.15) is 5.75 Å². The number of aromatic nitrogens is 2. The van der Waals surface area contributed by atoms with Gasteiger partial charge in [0.15, 0.2) is 0 Å². The van der Waals surface area contributed by atoms with Crippen LogP contribution >= 0.6 is 0 Å². The molecule has 2 aliphatic rings. The van der Waals surface area contributed by atoms with E-state index < -0.39 is 0 Å². The Balaban J connectivity index is 1.48. The molecule has 1 aliphatic heterocycles. The highest BCUT2D eigenvalue weighted by molar-refractivity contribution is 5.78. The van der Waals surface area contributed by atoms with Crippen molar-refractivity contribution in [2.24, 2.45) is 5.41 Å². The van der Waals surface area contributed by atoms with Crippen molar-refractivity contribution in [2.45, 2.75) is 39.7 Å². The van der Waals surface area contributed by atoms with Crippen LogP contribution in [-0.4, -0.2) is 71.9 Å². The maximum absolute atomic E-state index is 12.9. The lowest BCUT2D eigenvalue weighted by atomic mass is 9.74. The van der Waals surface area contributed by atoms with E-state index in [9.17, 15) is 4.79 Å². The zero-order valence-electron chi connectivity index (χ0n) is 19.2. The summed E-state index contributed by atoms with van der Waals surface area (Å²) in [5, 5.41) is 8.01. The van der Waals surface area contributed by atoms with Gasteiger partial charge < -0.3 is 15.0 Å². The van der Waals surface area contributed by atoms with Gasteiger partial charge in [-0.15, -0.1) is 0 Å². The highest BCUT2D eigenvalue weighted by atomic mass is 16.5. The quantitative estimate of drug-likeness (QED) is 0.771. The summed E-state index contributed by atoms with van der Waals surface area (Å²) >= 11 is 0. The van der Waals surface area contributed by atoms with E-state index in [-0.39, 0.29) is 17.4 Å². The molecule has 1 aromatic carbocycles. The lowest BCUT2D eigenvalue weighted by molar-refractivity contribution is -0.123. The number of hydrogen-bond acceptors (Lipinski definition) is 5. The maximum atomic E-state index is 12.9. The average molecular weight is 426 g/mol. The van der Waals surface area contributed by atoms with Gasteiger partial charge >= 0.3 is 0 Å². The van der Waals surface area contributed by atoms with Crippen LogP contribution in [0.4, 0.5) is 0 Å². The van der Waals surface area contributed by atoms with Gasteiger partial charge in [-0.25, -0.2) is 4.68 Å². The van der Waals surface area contributed by atoms with E-state index in [1.54, 1.807) is 7.11 Å². The van der Waals surface area contributed by atoms with Crippen LogP contribution in [0, 0.1) is 5.41 Å². The molecule has 2 aromatic rings. The second kappa shape index (κ2) is 9.01. The first-order valence-electron chi connectivity index (χ1n) is 11.3. The molecular weight excluding hydrogens is 390 g/mol. The highest BCUT2D eigenvalue weighted by Gasteiger charge is 2.36. The summed E-state index contributed by atoms with van der Waals surface area (Å²) < 4.78 is 7.30. The van der Waals surface area contributed by atoms with Gasteiger partial charge in [-0.05, 0) is 49.1 Å². The number of carbonyl (C=O) groups is 1. The predicted octanol–water partition coefficient (Wildman–Crippen LogP) is 2.65. The van der Waals surface area contributed by atoms with Crippen molar-refractivity contribution in [3.63, 3.8) is 0 Å². The highest BCUT2D eigenvalue weighted by Crippen LogP contribution is 2.41. The van der Waals surface area contributed by atoms with Crippen LogP contribution in [0.3, 0.4) is 0 Å². The molecule has 2 heterocycles. The van der Waals surface area contributed by atoms with E-state index in [0.29, 0.717) is 6.54 Å². The van der Waals surface area contributed by atoms with Crippen LogP contribution in [0.25, 0.3) is 5.69 Å². The topological polar surface area (TPSA) is 62.6 Å². The van der Waals surface area contributed by atoms with Crippen molar-refractivity contribution in [2.75, 3.05) is 46.4 Å². The SMILES string of the molecule is CCN1CCN(CC(=O)N[C@@H]2CC(C)(C)Cc3c2cnn3-c2ccc(OC)cc2)CC1. The first kappa shape index (κ1) is 21.8. The molecule has 0 bridgehead atoms. The molecule has 0 saturated carbocycles. The number of nitrogens with zero attached hydrogens (tertiary/aromatic N) is 4. The lowest BCUT2D eigenvalue weighted by Gasteiger charge is -2.37. The predicted molar refractivity (Wildman–Crippen MR) is 122 cm³/mol. The van der Waals surface area contributed by atoms with Crippen molar-refractivity contribution >= 4 is 5.91 Å². The van der Waals surface area contributed by atoms with Crippen LogP contribution in [0.1, 0.15) is 44.5 Å². The Hall–Kier alpha value is -2.38. The van der Waals surface area contributed by atoms with E-state index in [1.807, 2.05) is 35.1 Å². The van der Waals surface area contributed by atoms with Gasteiger partial charge in [-0.1, -0.05) is 20.8 Å². The number of benzene rings is 1. The molecule has 1 amide bonds. The monoisotopic (exact) mass is 425 g/mol. The van der Waals surface area contributed by atoms with E-state index in [2.05, 4.69) is 41.0 Å². The number of carbonyl (C=O) groups excluding carboxylic acids is 1. The lowest BCUT2D eigenvalue weighted by Crippen LogP contribution is -2.50. The number of amides is 1. The number of fused-ring (bicyclic) bond motifs is 1. The fraction of sp³-hybridized carbons (Fsp3) is 0.583. The molecule has 7 heteroatoms. The van der Waals surface area contributed by atoms with Crippen molar-refractivity contribution in [1.82, 2.24) is 24.9 Å². The Labute approximate surface area is 185 Å². The fourth-order valence-corrected chi connectivity index (χ4v) is 4.82. The second-order valence-electron chi connectivity index (χ2n) is 9.53. The summed E-state index contributed by atoms with van der Waals surface area (Å²) in [4.78, 5) is 17.6. The van der Waals surface area contributed by atoms with Crippen LogP contribution < -0.4 is 10.1 Å². The molecule has 4 rings (SSSR count). The third kappa shape index (κ3) is 4.93. The molecule has 0 radical (unpaired) electrons. The number of methoxy groups -OCH3 is 1. The minimum Gasteiger partial charge on any atom is -0.497 e. The number of rotatable bonds is 6. The third-order valence-electron chi connectivity index (χ3n) is 6.61. The normalized spacial score (nSPS) is 21.5. The third-order valence-corrected chi connectivity index (χ3v) is 6.61. The standard InChI is InChI=1S/C24H35N5O2/c1-5-27-10-12-28(13-11-27)17-23(30)26-21-14-24(2,3)15-22-20(21)16-25-29(22)18-6-8-19(31-4)9-7-18/h6-9,16,21H,5,10-15,17H2,1-4H3,(H,26,30)/t21-/m1/s1. The van der Waals surface area contributed by atoms with Crippen LogP contribution in [0.15, 0.2) is 30.5 Å². The molecular formula is C24H35N5O2. The Kier molecular flexibility index (Phi) is 6.34. The molecule has 0 spiro atoms. The fourth-order valence-electron chi connectivity index (χ4n) is 4.82. The summed E-state index contributed by atoms with van der Waals surface area (Å²) in [6.45, 7) is 12.3. The second-order valence-corrected chi connectivity index (χ2v) is 9.53. The molecule has 1 fully saturated rings. The van der Waals surface area contributed by atoms with Crippen molar-refractivity contribution in [3.8, 4) is 11.4 Å². The number of piperazine rings is 1. The Bertz CT molecular complexity index is 897. The smallest absolute Gasteiger partial charge is 0.234 e. The molecule has 1 atom stereocenters. The van der Waals surface area contributed by atoms with E-state index in [4.69, 9.17) is 4.74 Å². The molecule has 1 aliphatic carbocycles. The zero-order chi connectivity index (χ0) is 22.0. The molecule has 1 N–H and O–H groups in total. The molecule has 1 saturated heterocycles. The minimum atomic E-state index is -0.00446. The Morgan fingerprint density at radius 3 is 2.48 bits per heavy atom. The number of nitrogens with one attached hydrogen (secondary N) is 1.